The van der Waals surface area contributed by atoms with Crippen LogP contribution in [0.15, 0.2) is 63.6 Å². The van der Waals surface area contributed by atoms with E-state index in [1.165, 1.54) is 0 Å². The Morgan fingerprint density at radius 2 is 2.04 bits per heavy atom. The van der Waals surface area contributed by atoms with Crippen molar-refractivity contribution in [3.63, 3.8) is 0 Å². The van der Waals surface area contributed by atoms with E-state index in [1.807, 2.05) is 55.5 Å². The smallest absolute Gasteiger partial charge is 0.254 e. The van der Waals surface area contributed by atoms with Crippen LogP contribution in [-0.4, -0.2) is 10.9 Å². The second-order valence-electron chi connectivity index (χ2n) is 5.77. The maximum atomic E-state index is 12.6. The molecule has 24 heavy (non-hydrogen) atoms. The minimum absolute atomic E-state index is 0.132. The number of nitrogens with one attached hydrogen (secondary N) is 2. The summed E-state index contributed by atoms with van der Waals surface area (Å²) < 4.78 is 6.76. The van der Waals surface area contributed by atoms with Gasteiger partial charge in [-0.3, -0.25) is 4.79 Å². The van der Waals surface area contributed by atoms with Gasteiger partial charge in [0.25, 0.3) is 5.91 Å². The van der Waals surface area contributed by atoms with Gasteiger partial charge in [0.2, 0.25) is 0 Å². The number of rotatable bonds is 3. The number of fused-ring (bicyclic) bond motifs is 2. The number of H-pyrrole nitrogens is 1. The van der Waals surface area contributed by atoms with Gasteiger partial charge in [-0.05, 0) is 37.3 Å². The molecule has 5 heteroatoms. The Balaban J connectivity index is 1.61. The van der Waals surface area contributed by atoms with Crippen molar-refractivity contribution >= 4 is 43.7 Å². The molecule has 0 spiro atoms. The zero-order valence-electron chi connectivity index (χ0n) is 13.0. The Hall–Kier alpha value is -2.53. The van der Waals surface area contributed by atoms with Crippen LogP contribution in [0.3, 0.4) is 0 Å². The molecule has 0 aliphatic carbocycles. The van der Waals surface area contributed by atoms with Crippen LogP contribution in [0.25, 0.3) is 21.9 Å². The summed E-state index contributed by atoms with van der Waals surface area (Å²) in [7, 11) is 0. The largest absolute Gasteiger partial charge is 0.459 e. The van der Waals surface area contributed by atoms with E-state index < -0.39 is 0 Å². The first-order valence-electron chi connectivity index (χ1n) is 7.68. The Kier molecular flexibility index (Phi) is 3.65. The van der Waals surface area contributed by atoms with E-state index in [9.17, 15) is 4.79 Å². The third-order valence-corrected chi connectivity index (χ3v) is 4.60. The van der Waals surface area contributed by atoms with E-state index in [2.05, 4.69) is 26.2 Å². The molecular formula is C19H15BrN2O2. The van der Waals surface area contributed by atoms with Crippen molar-refractivity contribution < 1.29 is 9.21 Å². The first-order valence-corrected chi connectivity index (χ1v) is 8.47. The zero-order valence-corrected chi connectivity index (χ0v) is 14.6. The minimum Gasteiger partial charge on any atom is -0.459 e. The summed E-state index contributed by atoms with van der Waals surface area (Å²) in [6.07, 6.45) is 1.73. The number of aromatic amines is 1. The average molecular weight is 383 g/mol. The third kappa shape index (κ3) is 2.61. The van der Waals surface area contributed by atoms with Crippen molar-refractivity contribution in [2.75, 3.05) is 0 Å². The first-order chi connectivity index (χ1) is 11.6. The molecule has 2 aromatic carbocycles. The van der Waals surface area contributed by atoms with Crippen LogP contribution in [0.4, 0.5) is 0 Å². The molecule has 0 saturated carbocycles. The minimum atomic E-state index is -0.220. The van der Waals surface area contributed by atoms with E-state index in [0.717, 1.165) is 32.1 Å². The predicted molar refractivity (Wildman–Crippen MR) is 98.1 cm³/mol. The highest BCUT2D eigenvalue weighted by atomic mass is 79.9. The molecular weight excluding hydrogens is 368 g/mol. The number of amides is 1. The number of hydrogen-bond donors (Lipinski definition) is 2. The second kappa shape index (κ2) is 5.83. The summed E-state index contributed by atoms with van der Waals surface area (Å²) in [5, 5.41) is 4.92. The molecule has 0 aliphatic heterocycles. The number of benzene rings is 2. The van der Waals surface area contributed by atoms with Gasteiger partial charge in [0, 0.05) is 27.0 Å². The molecule has 2 heterocycles. The molecule has 0 fully saturated rings. The summed E-state index contributed by atoms with van der Waals surface area (Å²) in [6.45, 7) is 1.92. The fraction of sp³-hybridized carbons (Fsp3) is 0.105. The van der Waals surface area contributed by atoms with Gasteiger partial charge >= 0.3 is 0 Å². The lowest BCUT2D eigenvalue weighted by Gasteiger charge is -2.10. The first kappa shape index (κ1) is 15.0. The van der Waals surface area contributed by atoms with Gasteiger partial charge in [0.15, 0.2) is 0 Å². The van der Waals surface area contributed by atoms with Gasteiger partial charge in [-0.25, -0.2) is 0 Å². The monoisotopic (exact) mass is 382 g/mol. The lowest BCUT2D eigenvalue weighted by atomic mass is 10.1. The summed E-state index contributed by atoms with van der Waals surface area (Å²) in [6, 6.07) is 15.4. The standard InChI is InChI=1S/C19H15BrN2O2/c1-11(18-8-12-4-2-3-5-17(12)24-18)22-19(23)15-10-21-16-7-6-13(20)9-14(15)16/h2-11,21H,1H3,(H,22,23). The fourth-order valence-electron chi connectivity index (χ4n) is 2.84. The van der Waals surface area contributed by atoms with Crippen LogP contribution in [-0.2, 0) is 0 Å². The summed E-state index contributed by atoms with van der Waals surface area (Å²) in [5.74, 6) is 0.609. The number of halogens is 1. The van der Waals surface area contributed by atoms with Crippen LogP contribution in [0, 0.1) is 0 Å². The number of carbonyl (C=O) groups is 1. The molecule has 1 atom stereocenters. The Bertz CT molecular complexity index is 1010. The third-order valence-electron chi connectivity index (χ3n) is 4.11. The molecule has 0 saturated heterocycles. The summed E-state index contributed by atoms with van der Waals surface area (Å²) in [5.41, 5.74) is 2.37. The summed E-state index contributed by atoms with van der Waals surface area (Å²) >= 11 is 3.45. The van der Waals surface area contributed by atoms with Crippen molar-refractivity contribution in [2.24, 2.45) is 0 Å². The van der Waals surface area contributed by atoms with Crippen molar-refractivity contribution in [2.45, 2.75) is 13.0 Å². The molecule has 4 aromatic rings. The number of hydrogen-bond acceptors (Lipinski definition) is 2. The van der Waals surface area contributed by atoms with E-state index >= 15 is 0 Å². The van der Waals surface area contributed by atoms with Gasteiger partial charge in [-0.2, -0.15) is 0 Å². The predicted octanol–water partition coefficient (Wildman–Crippen LogP) is 5.17. The molecule has 0 radical (unpaired) electrons. The quantitative estimate of drug-likeness (QED) is 0.513. The van der Waals surface area contributed by atoms with E-state index in [1.54, 1.807) is 6.20 Å². The average Bonchev–Trinajstić information content (AvgIpc) is 3.18. The number of carbonyl (C=O) groups excluding carboxylic acids is 1. The van der Waals surface area contributed by atoms with Gasteiger partial charge in [-0.15, -0.1) is 0 Å². The van der Waals surface area contributed by atoms with Crippen molar-refractivity contribution in [3.05, 3.63) is 70.5 Å². The lowest BCUT2D eigenvalue weighted by molar-refractivity contribution is 0.0937. The van der Waals surface area contributed by atoms with Gasteiger partial charge < -0.3 is 14.7 Å². The van der Waals surface area contributed by atoms with E-state index in [0.29, 0.717) is 5.56 Å². The van der Waals surface area contributed by atoms with Gasteiger partial charge in [0.1, 0.15) is 11.3 Å². The molecule has 2 N–H and O–H groups in total. The Morgan fingerprint density at radius 3 is 2.88 bits per heavy atom. The Labute approximate surface area is 147 Å². The fourth-order valence-corrected chi connectivity index (χ4v) is 3.20. The highest BCUT2D eigenvalue weighted by Gasteiger charge is 2.18. The number of aromatic nitrogens is 1. The zero-order chi connectivity index (χ0) is 16.7. The number of para-hydroxylation sites is 1. The Morgan fingerprint density at radius 1 is 1.21 bits per heavy atom. The van der Waals surface area contributed by atoms with Gasteiger partial charge in [0.05, 0.1) is 11.6 Å². The van der Waals surface area contributed by atoms with Crippen LogP contribution in [0.5, 0.6) is 0 Å². The molecule has 1 amide bonds. The lowest BCUT2D eigenvalue weighted by Crippen LogP contribution is -2.26. The maximum absolute atomic E-state index is 12.6. The highest BCUT2D eigenvalue weighted by Crippen LogP contribution is 2.26. The SMILES string of the molecule is CC(NC(=O)c1c[nH]c2ccc(Br)cc12)c1cc2ccccc2o1. The van der Waals surface area contributed by atoms with Crippen molar-refractivity contribution in [1.29, 1.82) is 0 Å². The van der Waals surface area contributed by atoms with Crippen LogP contribution in [0.1, 0.15) is 29.1 Å². The number of furan rings is 1. The van der Waals surface area contributed by atoms with Crippen LogP contribution >= 0.6 is 15.9 Å². The van der Waals surface area contributed by atoms with E-state index in [4.69, 9.17) is 4.42 Å². The summed E-state index contributed by atoms with van der Waals surface area (Å²) in [4.78, 5) is 15.8. The van der Waals surface area contributed by atoms with Crippen LogP contribution < -0.4 is 5.32 Å². The molecule has 120 valence electrons. The molecule has 4 rings (SSSR count). The van der Waals surface area contributed by atoms with Crippen LogP contribution in [0.2, 0.25) is 0 Å². The molecule has 0 bridgehead atoms. The molecule has 4 nitrogen and oxygen atoms in total. The highest BCUT2D eigenvalue weighted by molar-refractivity contribution is 9.10. The maximum Gasteiger partial charge on any atom is 0.254 e. The molecule has 0 aliphatic rings. The molecule has 2 aromatic heterocycles. The second-order valence-corrected chi connectivity index (χ2v) is 6.69. The van der Waals surface area contributed by atoms with E-state index in [-0.39, 0.29) is 11.9 Å². The van der Waals surface area contributed by atoms with Gasteiger partial charge in [-0.1, -0.05) is 34.1 Å². The van der Waals surface area contributed by atoms with Crippen molar-refractivity contribution in [1.82, 2.24) is 10.3 Å². The molecule has 1 unspecified atom stereocenters. The topological polar surface area (TPSA) is 58.0 Å². The van der Waals surface area contributed by atoms with Crippen molar-refractivity contribution in [3.8, 4) is 0 Å². The normalized spacial score (nSPS) is 12.6.